The molecule has 2 aliphatic rings. The third kappa shape index (κ3) is 21.6. The third-order valence-electron chi connectivity index (χ3n) is 16.3. The Labute approximate surface area is 562 Å². The molecule has 0 aliphatic carbocycles. The summed E-state index contributed by atoms with van der Waals surface area (Å²) in [4.78, 5) is 176. The molecule has 4 aromatic rings. The number of aliphatic hydroxyl groups is 1. The Morgan fingerprint density at radius 2 is 1.27 bits per heavy atom. The van der Waals surface area contributed by atoms with E-state index in [9.17, 15) is 63.6 Å². The summed E-state index contributed by atoms with van der Waals surface area (Å²) in [5.41, 5.74) is 19.6. The molecule has 0 radical (unpaired) electrons. The van der Waals surface area contributed by atoms with Crippen LogP contribution < -0.4 is 65.1 Å². The molecular formula is C64H88N14O16S2. The van der Waals surface area contributed by atoms with E-state index in [0.29, 0.717) is 27.6 Å². The number of nitrogens with zero attached hydrogens (tertiary/aromatic N) is 1. The van der Waals surface area contributed by atoms with Gasteiger partial charge in [-0.3, -0.25) is 52.7 Å². The van der Waals surface area contributed by atoms with Crippen molar-refractivity contribution in [1.29, 1.82) is 0 Å². The number of phenols is 1. The molecule has 10 amide bonds. The Bertz CT molecular complexity index is 3410. The number of carboxylic acid groups (broad SMARTS) is 2. The lowest BCUT2D eigenvalue weighted by Gasteiger charge is -2.35. The number of H-pyrrole nitrogens is 1. The maximum atomic E-state index is 15.5. The second-order valence-corrected chi connectivity index (χ2v) is 27.6. The predicted molar refractivity (Wildman–Crippen MR) is 357 cm³/mol. The normalized spacial score (nSPS) is 22.3. The van der Waals surface area contributed by atoms with Crippen LogP contribution in [-0.4, -0.2) is 204 Å². The molecule has 0 unspecified atom stereocenters. The minimum atomic E-state index is -1.99. The molecule has 3 heterocycles. The summed E-state index contributed by atoms with van der Waals surface area (Å²) in [5.74, 6) is -13.9. The van der Waals surface area contributed by atoms with E-state index < -0.39 is 166 Å². The number of hydrogen-bond donors (Lipinski definition) is 17. The van der Waals surface area contributed by atoms with Gasteiger partial charge in [0.15, 0.2) is 0 Å². The first kappa shape index (κ1) is 76.2. The van der Waals surface area contributed by atoms with Crippen LogP contribution in [0.4, 0.5) is 0 Å². The molecule has 96 heavy (non-hydrogen) atoms. The van der Waals surface area contributed by atoms with Gasteiger partial charge in [-0.05, 0) is 107 Å². The maximum Gasteiger partial charge on any atom is 0.326 e. The predicted octanol–water partition coefficient (Wildman–Crippen LogP) is -1.56. The van der Waals surface area contributed by atoms with Crippen molar-refractivity contribution in [3.8, 4) is 5.75 Å². The van der Waals surface area contributed by atoms with Gasteiger partial charge in [-0.15, -0.1) is 0 Å². The van der Waals surface area contributed by atoms with Crippen LogP contribution in [0.2, 0.25) is 0 Å². The number of aliphatic carboxylic acids is 2. The number of hydrogen-bond acceptors (Lipinski definition) is 19. The van der Waals surface area contributed by atoms with Crippen LogP contribution in [0.1, 0.15) is 89.8 Å². The number of aliphatic hydroxyl groups excluding tert-OH is 1. The SMILES string of the molecule is CC(C)[C@H](NC(=O)[C@@H]1CSSC(C)(C)[C@H](NC(=O)[C@H](CC(=O)O)NC(=O)[C@@H]2CCCN2C(=O)[C@@H](NC(=O)[C@@H](N)CCN)[C@@H](C)O)C(=O)N[C@@H](Cc2ccccc2)C(=O)N[C@H](Cc2c[nH]c3ccccc23)C(=O)N[C@@H](CCCN)C(=O)N[C@@H](Cc2ccc(O)cc2)C(=O)N1)C(=O)O. The number of aromatic nitrogens is 1. The average Bonchev–Trinajstić information content (AvgIpc) is 2.08. The number of carbonyl (C=O) groups excluding carboxylic acids is 10. The van der Waals surface area contributed by atoms with E-state index in [0.717, 1.165) is 26.5 Å². The van der Waals surface area contributed by atoms with Crippen LogP contribution in [0, 0.1) is 5.92 Å². The number of para-hydroxylation sites is 1. The molecule has 522 valence electrons. The van der Waals surface area contributed by atoms with Gasteiger partial charge in [-0.1, -0.05) is 96.1 Å². The van der Waals surface area contributed by atoms with Crippen molar-refractivity contribution < 1.29 is 78.0 Å². The first-order valence-electron chi connectivity index (χ1n) is 31.5. The van der Waals surface area contributed by atoms with Crippen LogP contribution in [0.15, 0.2) is 85.1 Å². The van der Waals surface area contributed by atoms with Crippen LogP contribution in [0.3, 0.4) is 0 Å². The molecule has 6 rings (SSSR count). The van der Waals surface area contributed by atoms with Gasteiger partial charge in [0.1, 0.15) is 66.2 Å². The fraction of sp³-hybridized carbons (Fsp3) is 0.500. The average molecular weight is 1370 g/mol. The number of likely N-dealkylation sites (tertiary alicyclic amines) is 1. The van der Waals surface area contributed by atoms with Crippen molar-refractivity contribution in [3.05, 3.63) is 102 Å². The summed E-state index contributed by atoms with van der Waals surface area (Å²) in [6.07, 6.45) is -1.35. The van der Waals surface area contributed by atoms with Crippen molar-refractivity contribution >= 4 is 104 Å². The lowest BCUT2D eigenvalue weighted by Crippen LogP contribution is -2.64. The van der Waals surface area contributed by atoms with E-state index in [1.807, 2.05) is 0 Å². The topological polar surface area (TPSA) is 491 Å². The van der Waals surface area contributed by atoms with Crippen molar-refractivity contribution in [2.24, 2.45) is 23.1 Å². The summed E-state index contributed by atoms with van der Waals surface area (Å²) in [7, 11) is 1.71. The first-order chi connectivity index (χ1) is 45.5. The molecule has 30 nitrogen and oxygen atoms in total. The fourth-order valence-electron chi connectivity index (χ4n) is 10.9. The highest BCUT2D eigenvalue weighted by Crippen LogP contribution is 2.39. The van der Waals surface area contributed by atoms with Crippen molar-refractivity contribution in [2.75, 3.05) is 25.4 Å². The quantitative estimate of drug-likeness (QED) is 0.0334. The number of phenolic OH excluding ortho intramolecular Hbond substituents is 1. The minimum Gasteiger partial charge on any atom is -0.508 e. The highest BCUT2D eigenvalue weighted by molar-refractivity contribution is 8.77. The smallest absolute Gasteiger partial charge is 0.326 e. The van der Waals surface area contributed by atoms with Gasteiger partial charge in [0.25, 0.3) is 0 Å². The molecule has 3 aromatic carbocycles. The summed E-state index contributed by atoms with van der Waals surface area (Å²) in [5, 5.41) is 65.5. The zero-order valence-corrected chi connectivity index (χ0v) is 55.6. The zero-order valence-electron chi connectivity index (χ0n) is 54.0. The summed E-state index contributed by atoms with van der Waals surface area (Å²) < 4.78 is -1.64. The Kier molecular flexibility index (Phi) is 28.4. The molecule has 12 atom stereocenters. The van der Waals surface area contributed by atoms with Gasteiger partial charge < -0.3 is 95.4 Å². The van der Waals surface area contributed by atoms with E-state index in [2.05, 4.69) is 52.8 Å². The Hall–Kier alpha value is -8.82. The van der Waals surface area contributed by atoms with Gasteiger partial charge in [0.05, 0.1) is 18.6 Å². The molecule has 1 aromatic heterocycles. The molecule has 2 saturated heterocycles. The molecule has 32 heteroatoms. The molecular weight excluding hydrogens is 1280 g/mol. The molecule has 2 fully saturated rings. The number of rotatable bonds is 25. The van der Waals surface area contributed by atoms with Crippen LogP contribution in [-0.2, 0) is 76.8 Å². The minimum absolute atomic E-state index is 0.0102. The zero-order chi connectivity index (χ0) is 70.6. The van der Waals surface area contributed by atoms with Crippen LogP contribution >= 0.6 is 21.6 Å². The Morgan fingerprint density at radius 1 is 0.688 bits per heavy atom. The van der Waals surface area contributed by atoms with Gasteiger partial charge in [-0.25, -0.2) is 4.79 Å². The second kappa shape index (κ2) is 35.8. The molecule has 0 saturated carbocycles. The second-order valence-electron chi connectivity index (χ2n) is 24.6. The van der Waals surface area contributed by atoms with Crippen molar-refractivity contribution in [2.45, 2.75) is 170 Å². The standard InChI is InChI=1S/C64H88N14O16S2/c1-33(2)50(63(93)94)75-59(89)47-32-95-96-64(4,5)52(77-58(88)46(30-49(81)82)72-60(90)48-18-12-26-78(48)62(92)51(34(3)79)76-53(83)40(67)23-25-66)61(91)73-44(27-35-13-7-6-8-14-35)55(85)71-45(29-37-31-68-41-16-10-9-15-39(37)41)57(87)69-42(17-11-24-65)54(84)70-43(56(86)74-47)28-36-19-21-38(80)22-20-36/h6-10,13-16,19-22,31,33-34,40,42-48,50-52,68,79-80H,11-12,17-18,23-30,32,65-67H2,1-5H3,(H,69,87)(H,70,84)(H,71,85)(H,72,90)(H,73,91)(H,74,86)(H,75,89)(H,76,83)(H,77,88)(H,81,82)(H,93,94)/t34-,40+,42+,43+,44+,45-,46+,47+,48+,50+,51+,52-/m1/s1. The Balaban J connectivity index is 1.46. The van der Waals surface area contributed by atoms with Crippen LogP contribution in [0.5, 0.6) is 5.75 Å². The van der Waals surface area contributed by atoms with E-state index in [1.165, 1.54) is 58.9 Å². The first-order valence-corrected chi connectivity index (χ1v) is 33.8. The van der Waals surface area contributed by atoms with E-state index in [1.54, 1.807) is 60.8 Å². The number of aromatic amines is 1. The van der Waals surface area contributed by atoms with Crippen molar-refractivity contribution in [3.63, 3.8) is 0 Å². The number of carbonyl (C=O) groups is 12. The number of benzene rings is 3. The van der Waals surface area contributed by atoms with Gasteiger partial charge in [0.2, 0.25) is 59.1 Å². The van der Waals surface area contributed by atoms with E-state index in [-0.39, 0.29) is 76.8 Å². The van der Waals surface area contributed by atoms with E-state index in [4.69, 9.17) is 17.2 Å². The van der Waals surface area contributed by atoms with Gasteiger partial charge >= 0.3 is 11.9 Å². The lowest BCUT2D eigenvalue weighted by molar-refractivity contribution is -0.145. The number of aromatic hydroxyl groups is 1. The van der Waals surface area contributed by atoms with E-state index >= 15 is 14.4 Å². The number of nitrogens with two attached hydrogens (primary N) is 3. The highest BCUT2D eigenvalue weighted by Gasteiger charge is 2.45. The number of carboxylic acids is 2. The Morgan fingerprint density at radius 3 is 1.88 bits per heavy atom. The number of nitrogens with one attached hydrogen (secondary N) is 10. The van der Waals surface area contributed by atoms with Gasteiger partial charge in [-0.2, -0.15) is 0 Å². The lowest BCUT2D eigenvalue weighted by atomic mass is 9.98. The van der Waals surface area contributed by atoms with Crippen molar-refractivity contribution in [1.82, 2.24) is 57.7 Å². The molecule has 20 N–H and O–H groups in total. The molecule has 0 bridgehead atoms. The number of fused-ring (bicyclic) bond motifs is 1. The molecule has 2 aliphatic heterocycles. The highest BCUT2D eigenvalue weighted by atomic mass is 33.1. The summed E-state index contributed by atoms with van der Waals surface area (Å²) in [6.45, 7) is 7.27. The molecule has 0 spiro atoms. The monoisotopic (exact) mass is 1370 g/mol. The maximum absolute atomic E-state index is 15.5. The van der Waals surface area contributed by atoms with Gasteiger partial charge in [0, 0.05) is 53.4 Å². The summed E-state index contributed by atoms with van der Waals surface area (Å²) >= 11 is 0. The fourth-order valence-corrected chi connectivity index (χ4v) is 13.8. The number of amides is 10. The largest absolute Gasteiger partial charge is 0.508 e. The third-order valence-corrected chi connectivity index (χ3v) is 19.6. The summed E-state index contributed by atoms with van der Waals surface area (Å²) in [6, 6.07) is 4.05. The van der Waals surface area contributed by atoms with Crippen LogP contribution in [0.25, 0.3) is 10.9 Å².